The van der Waals surface area contributed by atoms with Crippen LogP contribution in [0.3, 0.4) is 0 Å². The van der Waals surface area contributed by atoms with E-state index in [4.69, 9.17) is 16.3 Å². The molecule has 0 aliphatic rings. The molecule has 0 saturated heterocycles. The lowest BCUT2D eigenvalue weighted by molar-refractivity contribution is -0.148. The monoisotopic (exact) mass is 377 g/mol. The fourth-order valence-electron chi connectivity index (χ4n) is 1.98. The predicted molar refractivity (Wildman–Crippen MR) is 101 cm³/mol. The second kappa shape index (κ2) is 10.1. The number of thioether (sulfide) groups is 1. The Morgan fingerprint density at radius 2 is 1.84 bits per heavy atom. The Bertz CT molecular complexity index is 719. The first-order valence-electron chi connectivity index (χ1n) is 7.90. The van der Waals surface area contributed by atoms with Crippen LogP contribution in [0.1, 0.15) is 17.5 Å². The van der Waals surface area contributed by atoms with E-state index in [0.29, 0.717) is 17.3 Å². The van der Waals surface area contributed by atoms with E-state index in [9.17, 15) is 9.59 Å². The largest absolute Gasteiger partial charge is 0.456 e. The summed E-state index contributed by atoms with van der Waals surface area (Å²) in [6.07, 6.45) is 0.223. The maximum absolute atomic E-state index is 11.7. The van der Waals surface area contributed by atoms with Crippen LogP contribution in [0.5, 0.6) is 0 Å². The highest BCUT2D eigenvalue weighted by molar-refractivity contribution is 7.99. The molecular formula is C19H20ClNO3S. The Labute approximate surface area is 156 Å². The fraction of sp³-hybridized carbons (Fsp3) is 0.263. The van der Waals surface area contributed by atoms with Gasteiger partial charge in [0.25, 0.3) is 5.91 Å². The molecule has 1 amide bonds. The summed E-state index contributed by atoms with van der Waals surface area (Å²) in [5.41, 5.74) is 2.17. The van der Waals surface area contributed by atoms with Crippen molar-refractivity contribution in [2.45, 2.75) is 24.8 Å². The van der Waals surface area contributed by atoms with Crippen LogP contribution in [-0.4, -0.2) is 24.2 Å². The van der Waals surface area contributed by atoms with Gasteiger partial charge < -0.3 is 10.1 Å². The maximum Gasteiger partial charge on any atom is 0.307 e. The van der Waals surface area contributed by atoms with Crippen LogP contribution in [0.4, 0.5) is 0 Å². The summed E-state index contributed by atoms with van der Waals surface area (Å²) in [7, 11) is 0. The topological polar surface area (TPSA) is 55.4 Å². The van der Waals surface area contributed by atoms with Crippen molar-refractivity contribution in [3.05, 3.63) is 64.7 Å². The highest BCUT2D eigenvalue weighted by atomic mass is 35.5. The minimum atomic E-state index is -0.398. The van der Waals surface area contributed by atoms with Crippen molar-refractivity contribution in [3.63, 3.8) is 0 Å². The number of ether oxygens (including phenoxy) is 1. The number of hydrogen-bond donors (Lipinski definition) is 1. The molecule has 6 heteroatoms. The van der Waals surface area contributed by atoms with E-state index in [2.05, 4.69) is 5.32 Å². The molecule has 132 valence electrons. The van der Waals surface area contributed by atoms with Crippen molar-refractivity contribution in [2.75, 3.05) is 12.4 Å². The Morgan fingerprint density at radius 1 is 1.12 bits per heavy atom. The van der Waals surface area contributed by atoms with E-state index in [1.165, 1.54) is 17.3 Å². The van der Waals surface area contributed by atoms with Gasteiger partial charge in [-0.15, -0.1) is 11.8 Å². The van der Waals surface area contributed by atoms with E-state index in [1.807, 2.05) is 49.4 Å². The zero-order valence-electron chi connectivity index (χ0n) is 14.0. The molecule has 0 heterocycles. The molecular weight excluding hydrogens is 358 g/mol. The molecule has 0 aromatic heterocycles. The minimum absolute atomic E-state index is 0.223. The van der Waals surface area contributed by atoms with Gasteiger partial charge in [0.15, 0.2) is 6.61 Å². The summed E-state index contributed by atoms with van der Waals surface area (Å²) in [6, 6.07) is 15.3. The zero-order valence-corrected chi connectivity index (χ0v) is 15.5. The quantitative estimate of drug-likeness (QED) is 0.558. The fourth-order valence-corrected chi connectivity index (χ4v) is 3.15. The van der Waals surface area contributed by atoms with Gasteiger partial charge in [0.05, 0.1) is 11.4 Å². The van der Waals surface area contributed by atoms with Crippen molar-refractivity contribution in [1.82, 2.24) is 5.32 Å². The second-order valence-corrected chi connectivity index (χ2v) is 7.00. The molecule has 2 aromatic carbocycles. The average molecular weight is 378 g/mol. The van der Waals surface area contributed by atoms with Gasteiger partial charge in [-0.25, -0.2) is 0 Å². The first kappa shape index (κ1) is 19.3. The molecule has 0 atom stereocenters. The van der Waals surface area contributed by atoms with E-state index in [-0.39, 0.29) is 18.9 Å². The number of nitrogens with one attached hydrogen (secondary N) is 1. The lowest BCUT2D eigenvalue weighted by Crippen LogP contribution is -2.28. The third kappa shape index (κ3) is 7.20. The van der Waals surface area contributed by atoms with Crippen LogP contribution in [0.25, 0.3) is 0 Å². The molecule has 0 saturated carbocycles. The molecule has 2 rings (SSSR count). The lowest BCUT2D eigenvalue weighted by atomic mass is 10.1. The van der Waals surface area contributed by atoms with Gasteiger partial charge in [-0.05, 0) is 24.6 Å². The number of amides is 1. The van der Waals surface area contributed by atoms with Crippen molar-refractivity contribution in [1.29, 1.82) is 0 Å². The van der Waals surface area contributed by atoms with Crippen LogP contribution in [0.15, 0.2) is 53.4 Å². The smallest absolute Gasteiger partial charge is 0.307 e. The van der Waals surface area contributed by atoms with Crippen molar-refractivity contribution >= 4 is 35.2 Å². The number of hydrogen-bond acceptors (Lipinski definition) is 4. The van der Waals surface area contributed by atoms with Gasteiger partial charge in [0.2, 0.25) is 0 Å². The number of rotatable bonds is 8. The standard InChI is InChI=1S/C19H20ClNO3S/c1-14-6-8-15(9-7-14)12-21-18(22)13-24-19(23)10-11-25-17-5-3-2-4-16(17)20/h2-9H,10-13H2,1H3,(H,21,22). The Kier molecular flexibility index (Phi) is 7.82. The average Bonchev–Trinajstić information content (AvgIpc) is 2.61. The molecule has 0 fully saturated rings. The first-order valence-corrected chi connectivity index (χ1v) is 9.26. The summed E-state index contributed by atoms with van der Waals surface area (Å²) in [4.78, 5) is 24.3. The molecule has 4 nitrogen and oxygen atoms in total. The molecule has 1 N–H and O–H groups in total. The van der Waals surface area contributed by atoms with Crippen molar-refractivity contribution < 1.29 is 14.3 Å². The van der Waals surface area contributed by atoms with E-state index >= 15 is 0 Å². The molecule has 0 aliphatic heterocycles. The van der Waals surface area contributed by atoms with Gasteiger partial charge in [0, 0.05) is 17.2 Å². The van der Waals surface area contributed by atoms with Gasteiger partial charge >= 0.3 is 5.97 Å². The van der Waals surface area contributed by atoms with Gasteiger partial charge in [-0.2, -0.15) is 0 Å². The highest BCUT2D eigenvalue weighted by Crippen LogP contribution is 2.26. The summed E-state index contributed by atoms with van der Waals surface area (Å²) in [5, 5.41) is 3.39. The van der Waals surface area contributed by atoms with Gasteiger partial charge in [0.1, 0.15) is 0 Å². The summed E-state index contributed by atoms with van der Waals surface area (Å²) < 4.78 is 4.98. The van der Waals surface area contributed by atoms with Crippen molar-refractivity contribution in [3.8, 4) is 0 Å². The first-order chi connectivity index (χ1) is 12.0. The number of aryl methyl sites for hydroxylation is 1. The third-order valence-corrected chi connectivity index (χ3v) is 4.89. The number of benzene rings is 2. The predicted octanol–water partition coefficient (Wildman–Crippen LogP) is 3.99. The second-order valence-electron chi connectivity index (χ2n) is 5.45. The summed E-state index contributed by atoms with van der Waals surface area (Å²) in [6.45, 7) is 2.16. The van der Waals surface area contributed by atoms with E-state index < -0.39 is 5.97 Å². The normalized spacial score (nSPS) is 10.3. The van der Waals surface area contributed by atoms with Crippen LogP contribution in [0, 0.1) is 6.92 Å². The molecule has 25 heavy (non-hydrogen) atoms. The Hall–Kier alpha value is -1.98. The number of esters is 1. The third-order valence-electron chi connectivity index (χ3n) is 3.37. The maximum atomic E-state index is 11.7. The van der Waals surface area contributed by atoms with Gasteiger partial charge in [-0.1, -0.05) is 53.6 Å². The van der Waals surface area contributed by atoms with Gasteiger partial charge in [-0.3, -0.25) is 9.59 Å². The molecule has 0 spiro atoms. The zero-order chi connectivity index (χ0) is 18.1. The van der Waals surface area contributed by atoms with E-state index in [0.717, 1.165) is 10.5 Å². The van der Waals surface area contributed by atoms with Crippen LogP contribution >= 0.6 is 23.4 Å². The van der Waals surface area contributed by atoms with Crippen molar-refractivity contribution in [2.24, 2.45) is 0 Å². The number of carbonyl (C=O) groups excluding carboxylic acids is 2. The lowest BCUT2D eigenvalue weighted by Gasteiger charge is -2.07. The van der Waals surface area contributed by atoms with Crippen LogP contribution in [-0.2, 0) is 20.9 Å². The SMILES string of the molecule is Cc1ccc(CNC(=O)COC(=O)CCSc2ccccc2Cl)cc1. The molecule has 2 aromatic rings. The minimum Gasteiger partial charge on any atom is -0.456 e. The summed E-state index contributed by atoms with van der Waals surface area (Å²) in [5.74, 6) is -0.161. The van der Waals surface area contributed by atoms with E-state index in [1.54, 1.807) is 6.07 Å². The molecule has 0 bridgehead atoms. The number of halogens is 1. The van der Waals surface area contributed by atoms with Crippen LogP contribution < -0.4 is 5.32 Å². The van der Waals surface area contributed by atoms with Crippen LogP contribution in [0.2, 0.25) is 5.02 Å². The molecule has 0 unspecified atom stereocenters. The molecule has 0 aliphatic carbocycles. The number of carbonyl (C=O) groups is 2. The summed E-state index contributed by atoms with van der Waals surface area (Å²) >= 11 is 7.53. The highest BCUT2D eigenvalue weighted by Gasteiger charge is 2.08. The molecule has 0 radical (unpaired) electrons. The Morgan fingerprint density at radius 3 is 2.56 bits per heavy atom. The Balaban J connectivity index is 1.61.